The lowest BCUT2D eigenvalue weighted by Gasteiger charge is -2.13. The molecule has 20 heavy (non-hydrogen) atoms. The summed E-state index contributed by atoms with van der Waals surface area (Å²) in [5, 5.41) is 0.549. The predicted molar refractivity (Wildman–Crippen MR) is 74.9 cm³/mol. The van der Waals surface area contributed by atoms with Gasteiger partial charge >= 0.3 is 0 Å². The highest BCUT2D eigenvalue weighted by Crippen LogP contribution is 2.27. The fourth-order valence-corrected chi connectivity index (χ4v) is 2.14. The van der Waals surface area contributed by atoms with Crippen LogP contribution in [-0.4, -0.2) is 6.54 Å². The number of hydrogen-bond donors (Lipinski definition) is 1. The predicted octanol–water partition coefficient (Wildman–Crippen LogP) is 3.70. The number of nitrogens with two attached hydrogens (primary N) is 1. The van der Waals surface area contributed by atoms with Gasteiger partial charge in [-0.2, -0.15) is 0 Å². The highest BCUT2D eigenvalue weighted by Gasteiger charge is 2.11. The summed E-state index contributed by atoms with van der Waals surface area (Å²) in [6.07, 6.45) is 0.556. The van der Waals surface area contributed by atoms with Crippen molar-refractivity contribution in [3.05, 3.63) is 64.2 Å². The van der Waals surface area contributed by atoms with Crippen molar-refractivity contribution in [2.24, 2.45) is 5.73 Å². The van der Waals surface area contributed by atoms with Crippen molar-refractivity contribution < 1.29 is 13.5 Å². The summed E-state index contributed by atoms with van der Waals surface area (Å²) in [6.45, 7) is 0.357. The van der Waals surface area contributed by atoms with Crippen LogP contribution in [0.3, 0.4) is 0 Å². The van der Waals surface area contributed by atoms with Gasteiger partial charge in [-0.3, -0.25) is 0 Å². The van der Waals surface area contributed by atoms with Crippen LogP contribution in [0.4, 0.5) is 8.78 Å². The molecule has 0 bridgehead atoms. The molecule has 0 aromatic heterocycles. The van der Waals surface area contributed by atoms with Gasteiger partial charge in [0, 0.05) is 16.1 Å². The first kappa shape index (κ1) is 14.8. The van der Waals surface area contributed by atoms with E-state index in [9.17, 15) is 8.78 Å². The minimum Gasteiger partial charge on any atom is -0.488 e. The summed E-state index contributed by atoms with van der Waals surface area (Å²) >= 11 is 6.08. The van der Waals surface area contributed by atoms with Crippen LogP contribution in [0.5, 0.6) is 5.75 Å². The Morgan fingerprint density at radius 1 is 1.10 bits per heavy atom. The van der Waals surface area contributed by atoms with Crippen molar-refractivity contribution in [2.75, 3.05) is 6.54 Å². The van der Waals surface area contributed by atoms with Gasteiger partial charge in [-0.15, -0.1) is 0 Å². The van der Waals surface area contributed by atoms with Gasteiger partial charge in [-0.1, -0.05) is 29.8 Å². The molecule has 0 saturated carbocycles. The molecule has 2 N–H and O–H groups in total. The van der Waals surface area contributed by atoms with E-state index in [1.807, 2.05) is 0 Å². The molecule has 0 aliphatic rings. The molecule has 2 nitrogen and oxygen atoms in total. The van der Waals surface area contributed by atoms with Crippen molar-refractivity contribution in [1.82, 2.24) is 0 Å². The molecule has 2 rings (SSSR count). The first-order valence-electron chi connectivity index (χ1n) is 6.16. The van der Waals surface area contributed by atoms with Crippen molar-refractivity contribution in [2.45, 2.75) is 13.0 Å². The lowest BCUT2D eigenvalue weighted by atomic mass is 10.1. The third-order valence-corrected chi connectivity index (χ3v) is 3.24. The van der Waals surface area contributed by atoms with Crippen LogP contribution >= 0.6 is 11.6 Å². The van der Waals surface area contributed by atoms with Gasteiger partial charge in [0.05, 0.1) is 0 Å². The molecule has 2 aromatic carbocycles. The van der Waals surface area contributed by atoms with E-state index in [4.69, 9.17) is 22.1 Å². The van der Waals surface area contributed by atoms with Gasteiger partial charge in [0.1, 0.15) is 12.4 Å². The molecular formula is C15H14ClF2NO. The monoisotopic (exact) mass is 297 g/mol. The number of hydrogen-bond acceptors (Lipinski definition) is 2. The van der Waals surface area contributed by atoms with Crippen LogP contribution in [0.15, 0.2) is 36.4 Å². The largest absolute Gasteiger partial charge is 0.488 e. The first-order valence-corrected chi connectivity index (χ1v) is 6.54. The summed E-state index contributed by atoms with van der Waals surface area (Å²) in [4.78, 5) is 0. The minimum absolute atomic E-state index is 0.0679. The molecule has 0 aliphatic carbocycles. The van der Waals surface area contributed by atoms with Crippen LogP contribution < -0.4 is 10.5 Å². The molecule has 0 aliphatic heterocycles. The van der Waals surface area contributed by atoms with Gasteiger partial charge in [-0.05, 0) is 31.2 Å². The Labute approximate surface area is 121 Å². The summed E-state index contributed by atoms with van der Waals surface area (Å²) in [5.41, 5.74) is 6.45. The third kappa shape index (κ3) is 3.26. The van der Waals surface area contributed by atoms with Crippen molar-refractivity contribution >= 4 is 11.6 Å². The summed E-state index contributed by atoms with van der Waals surface area (Å²) in [7, 11) is 0. The van der Waals surface area contributed by atoms with Gasteiger partial charge < -0.3 is 10.5 Å². The molecule has 0 heterocycles. The zero-order valence-electron chi connectivity index (χ0n) is 10.7. The second-order valence-corrected chi connectivity index (χ2v) is 4.66. The second kappa shape index (κ2) is 6.68. The third-order valence-electron chi connectivity index (χ3n) is 2.88. The maximum absolute atomic E-state index is 13.5. The molecule has 0 atom stereocenters. The molecular weight excluding hydrogens is 284 g/mol. The SMILES string of the molecule is NCCc1c(Cl)cccc1OCc1cccc(F)c1F. The molecule has 0 amide bonds. The standard InChI is InChI=1S/C15H14ClF2NO/c16-12-4-2-6-14(11(12)7-8-19)20-9-10-3-1-5-13(17)15(10)18/h1-6H,7-9,19H2. The van der Waals surface area contributed by atoms with Gasteiger partial charge in [0.25, 0.3) is 0 Å². The number of benzene rings is 2. The molecule has 5 heteroatoms. The number of halogens is 3. The Morgan fingerprint density at radius 3 is 2.60 bits per heavy atom. The van der Waals surface area contributed by atoms with Crippen LogP contribution in [0.1, 0.15) is 11.1 Å². The van der Waals surface area contributed by atoms with Crippen LogP contribution in [0.2, 0.25) is 5.02 Å². The lowest BCUT2D eigenvalue weighted by molar-refractivity contribution is 0.294. The zero-order valence-corrected chi connectivity index (χ0v) is 11.5. The van der Waals surface area contributed by atoms with Crippen LogP contribution in [-0.2, 0) is 13.0 Å². The smallest absolute Gasteiger partial charge is 0.165 e. The van der Waals surface area contributed by atoms with E-state index in [0.717, 1.165) is 11.6 Å². The van der Waals surface area contributed by atoms with Crippen molar-refractivity contribution in [3.63, 3.8) is 0 Å². The Morgan fingerprint density at radius 2 is 1.85 bits per heavy atom. The molecule has 2 aromatic rings. The molecule has 0 unspecified atom stereocenters. The number of ether oxygens (including phenoxy) is 1. The summed E-state index contributed by atoms with van der Waals surface area (Å²) < 4.78 is 32.2. The highest BCUT2D eigenvalue weighted by atomic mass is 35.5. The fraction of sp³-hybridized carbons (Fsp3) is 0.200. The Bertz CT molecular complexity index is 604. The maximum Gasteiger partial charge on any atom is 0.165 e. The Balaban J connectivity index is 2.19. The minimum atomic E-state index is -0.894. The van der Waals surface area contributed by atoms with E-state index in [1.54, 1.807) is 18.2 Å². The summed E-state index contributed by atoms with van der Waals surface area (Å²) in [6, 6.07) is 9.19. The van der Waals surface area contributed by atoms with Crippen molar-refractivity contribution in [1.29, 1.82) is 0 Å². The van der Waals surface area contributed by atoms with Crippen molar-refractivity contribution in [3.8, 4) is 5.75 Å². The zero-order chi connectivity index (χ0) is 14.5. The van der Waals surface area contributed by atoms with Gasteiger partial charge in [0.15, 0.2) is 11.6 Å². The number of rotatable bonds is 5. The molecule has 0 fully saturated rings. The van der Waals surface area contributed by atoms with E-state index < -0.39 is 11.6 Å². The molecule has 106 valence electrons. The highest BCUT2D eigenvalue weighted by molar-refractivity contribution is 6.31. The van der Waals surface area contributed by atoms with Crippen LogP contribution in [0, 0.1) is 11.6 Å². The Kier molecular flexibility index (Phi) is 4.93. The van der Waals surface area contributed by atoms with E-state index in [2.05, 4.69) is 0 Å². The van der Waals surface area contributed by atoms with E-state index in [1.165, 1.54) is 12.1 Å². The van der Waals surface area contributed by atoms with E-state index >= 15 is 0 Å². The molecule has 0 saturated heterocycles. The lowest BCUT2D eigenvalue weighted by Crippen LogP contribution is -2.07. The fourth-order valence-electron chi connectivity index (χ4n) is 1.88. The molecule has 0 radical (unpaired) electrons. The van der Waals surface area contributed by atoms with Gasteiger partial charge in [0.2, 0.25) is 0 Å². The first-order chi connectivity index (χ1) is 9.63. The molecule has 0 spiro atoms. The van der Waals surface area contributed by atoms with Crippen LogP contribution in [0.25, 0.3) is 0 Å². The van der Waals surface area contributed by atoms with Gasteiger partial charge in [-0.25, -0.2) is 8.78 Å². The Hall–Kier alpha value is -1.65. The quantitative estimate of drug-likeness (QED) is 0.913. The second-order valence-electron chi connectivity index (χ2n) is 4.26. The normalized spacial score (nSPS) is 10.6. The summed E-state index contributed by atoms with van der Waals surface area (Å²) in [5.74, 6) is -1.25. The van der Waals surface area contributed by atoms with E-state index in [0.29, 0.717) is 23.7 Å². The average Bonchev–Trinajstić information content (AvgIpc) is 2.44. The average molecular weight is 298 g/mol. The topological polar surface area (TPSA) is 35.2 Å². The maximum atomic E-state index is 13.5. The van der Waals surface area contributed by atoms with E-state index in [-0.39, 0.29) is 12.2 Å².